The van der Waals surface area contributed by atoms with Crippen LogP contribution in [0.4, 0.5) is 13.2 Å². The molecular weight excluding hydrogens is 269 g/mol. The smallest absolute Gasteiger partial charge is 0.134 e. The van der Waals surface area contributed by atoms with Gasteiger partial charge in [0.2, 0.25) is 0 Å². The summed E-state index contributed by atoms with van der Waals surface area (Å²) in [5.41, 5.74) is 0.153. The van der Waals surface area contributed by atoms with E-state index < -0.39 is 35.0 Å². The Bertz CT molecular complexity index is 634. The molecule has 2 nitrogen and oxygen atoms in total. The molecule has 2 unspecified atom stereocenters. The summed E-state index contributed by atoms with van der Waals surface area (Å²) in [7, 11) is 0. The maximum atomic E-state index is 13.7. The molecule has 0 bridgehead atoms. The number of rotatable bonds is 2. The zero-order valence-electron chi connectivity index (χ0n) is 10.3. The summed E-state index contributed by atoms with van der Waals surface area (Å²) in [4.78, 5) is 0. The van der Waals surface area contributed by atoms with E-state index >= 15 is 0 Å². The number of aliphatic hydroxyl groups is 1. The van der Waals surface area contributed by atoms with Crippen LogP contribution in [0.1, 0.15) is 23.1 Å². The van der Waals surface area contributed by atoms with Gasteiger partial charge in [0.05, 0.1) is 24.2 Å². The number of ether oxygens (including phenoxy) is 1. The molecule has 20 heavy (non-hydrogen) atoms. The Kier molecular flexibility index (Phi) is 3.14. The highest BCUT2D eigenvalue weighted by Gasteiger charge is 2.34. The molecule has 0 saturated carbocycles. The fourth-order valence-electron chi connectivity index (χ4n) is 2.49. The van der Waals surface area contributed by atoms with Crippen LogP contribution in [-0.4, -0.2) is 11.7 Å². The van der Waals surface area contributed by atoms with Gasteiger partial charge in [-0.2, -0.15) is 0 Å². The topological polar surface area (TPSA) is 29.5 Å². The second kappa shape index (κ2) is 4.83. The Hall–Kier alpha value is -2.01. The number of benzene rings is 2. The van der Waals surface area contributed by atoms with Crippen molar-refractivity contribution in [1.29, 1.82) is 0 Å². The molecule has 0 saturated heterocycles. The van der Waals surface area contributed by atoms with Crippen LogP contribution in [-0.2, 0) is 0 Å². The molecule has 0 aromatic heterocycles. The van der Waals surface area contributed by atoms with E-state index in [1.165, 1.54) is 0 Å². The lowest BCUT2D eigenvalue weighted by atomic mass is 9.90. The molecule has 2 atom stereocenters. The molecule has 5 heteroatoms. The monoisotopic (exact) mass is 280 g/mol. The molecule has 0 spiro atoms. The van der Waals surface area contributed by atoms with Gasteiger partial charge in [-0.15, -0.1) is 0 Å². The van der Waals surface area contributed by atoms with Crippen LogP contribution in [0.2, 0.25) is 0 Å². The van der Waals surface area contributed by atoms with Gasteiger partial charge in [0.1, 0.15) is 23.2 Å². The summed E-state index contributed by atoms with van der Waals surface area (Å²) in [6.45, 7) is 0.122. The van der Waals surface area contributed by atoms with Crippen molar-refractivity contribution in [2.45, 2.75) is 12.0 Å². The molecule has 0 fully saturated rings. The normalized spacial score (nSPS) is 18.5. The molecule has 2 aromatic rings. The lowest BCUT2D eigenvalue weighted by molar-refractivity contribution is 0.122. The largest absolute Gasteiger partial charge is 0.493 e. The fraction of sp³-hybridized carbons (Fsp3) is 0.200. The van der Waals surface area contributed by atoms with Gasteiger partial charge >= 0.3 is 0 Å². The molecule has 2 aromatic carbocycles. The highest BCUT2D eigenvalue weighted by Crippen LogP contribution is 2.42. The minimum atomic E-state index is -1.43. The first-order chi connectivity index (χ1) is 9.58. The second-order valence-corrected chi connectivity index (χ2v) is 4.68. The minimum Gasteiger partial charge on any atom is -0.493 e. The molecule has 1 aliphatic rings. The van der Waals surface area contributed by atoms with Crippen molar-refractivity contribution < 1.29 is 23.0 Å². The first kappa shape index (κ1) is 13.0. The van der Waals surface area contributed by atoms with Crippen LogP contribution < -0.4 is 4.74 Å². The van der Waals surface area contributed by atoms with Gasteiger partial charge in [-0.1, -0.05) is 18.2 Å². The summed E-state index contributed by atoms with van der Waals surface area (Å²) < 4.78 is 45.7. The summed E-state index contributed by atoms with van der Waals surface area (Å²) in [5.74, 6) is -3.21. The van der Waals surface area contributed by atoms with Gasteiger partial charge < -0.3 is 9.84 Å². The molecule has 1 heterocycles. The summed E-state index contributed by atoms with van der Waals surface area (Å²) in [5, 5.41) is 10.2. The van der Waals surface area contributed by atoms with Gasteiger partial charge in [0.25, 0.3) is 0 Å². The van der Waals surface area contributed by atoms with E-state index in [9.17, 15) is 18.3 Å². The van der Waals surface area contributed by atoms with Crippen molar-refractivity contribution in [3.05, 3.63) is 65.0 Å². The average molecular weight is 280 g/mol. The lowest BCUT2D eigenvalue weighted by Gasteiger charge is -2.18. The van der Waals surface area contributed by atoms with Crippen LogP contribution in [0.5, 0.6) is 5.75 Å². The van der Waals surface area contributed by atoms with Gasteiger partial charge in [-0.05, 0) is 6.07 Å². The van der Waals surface area contributed by atoms with Crippen LogP contribution in [0, 0.1) is 17.5 Å². The third kappa shape index (κ3) is 2.04. The Morgan fingerprint density at radius 3 is 2.45 bits per heavy atom. The van der Waals surface area contributed by atoms with Crippen LogP contribution in [0.3, 0.4) is 0 Å². The van der Waals surface area contributed by atoms with Crippen molar-refractivity contribution in [2.75, 3.05) is 6.61 Å². The van der Waals surface area contributed by atoms with Crippen LogP contribution >= 0.6 is 0 Å². The van der Waals surface area contributed by atoms with Crippen molar-refractivity contribution >= 4 is 0 Å². The highest BCUT2D eigenvalue weighted by molar-refractivity contribution is 5.42. The molecule has 1 N–H and O–H groups in total. The lowest BCUT2D eigenvalue weighted by Crippen LogP contribution is -2.15. The van der Waals surface area contributed by atoms with E-state index in [1.807, 2.05) is 0 Å². The number of hydrogen-bond donors (Lipinski definition) is 1. The Morgan fingerprint density at radius 2 is 1.75 bits per heavy atom. The Balaban J connectivity index is 2.01. The number of fused-ring (bicyclic) bond motifs is 1. The van der Waals surface area contributed by atoms with Gasteiger partial charge in [-0.25, -0.2) is 13.2 Å². The molecule has 0 aliphatic carbocycles. The Morgan fingerprint density at radius 1 is 1.10 bits per heavy atom. The van der Waals surface area contributed by atoms with Crippen LogP contribution in [0.15, 0.2) is 36.4 Å². The first-order valence-electron chi connectivity index (χ1n) is 6.12. The third-order valence-corrected chi connectivity index (χ3v) is 3.46. The number of halogens is 3. The second-order valence-electron chi connectivity index (χ2n) is 4.68. The van der Waals surface area contributed by atoms with E-state index in [0.29, 0.717) is 23.4 Å². The summed E-state index contributed by atoms with van der Waals surface area (Å²) in [6, 6.07) is 8.10. The van der Waals surface area contributed by atoms with E-state index in [1.54, 1.807) is 24.3 Å². The molecule has 1 aliphatic heterocycles. The Labute approximate surface area is 113 Å². The van der Waals surface area contributed by atoms with E-state index in [-0.39, 0.29) is 6.61 Å². The van der Waals surface area contributed by atoms with Crippen molar-refractivity contribution in [3.63, 3.8) is 0 Å². The molecular formula is C15H11F3O2. The van der Waals surface area contributed by atoms with E-state index in [0.717, 1.165) is 0 Å². The molecule has 0 radical (unpaired) electrons. The molecule has 104 valence electrons. The van der Waals surface area contributed by atoms with Gasteiger partial charge in [0.15, 0.2) is 0 Å². The van der Waals surface area contributed by atoms with Gasteiger partial charge in [-0.3, -0.25) is 0 Å². The molecule has 0 amide bonds. The average Bonchev–Trinajstić information content (AvgIpc) is 2.81. The SMILES string of the molecule is OC(c1c(F)cc(F)cc1F)C1COc2ccccc21. The third-order valence-electron chi connectivity index (χ3n) is 3.46. The minimum absolute atomic E-state index is 0.122. The number of hydrogen-bond acceptors (Lipinski definition) is 2. The van der Waals surface area contributed by atoms with E-state index in [2.05, 4.69) is 0 Å². The zero-order valence-corrected chi connectivity index (χ0v) is 10.3. The fourth-order valence-corrected chi connectivity index (χ4v) is 2.49. The molecule has 3 rings (SSSR count). The quantitative estimate of drug-likeness (QED) is 0.914. The maximum absolute atomic E-state index is 13.7. The summed E-state index contributed by atoms with van der Waals surface area (Å²) in [6.07, 6.45) is -1.43. The summed E-state index contributed by atoms with van der Waals surface area (Å²) >= 11 is 0. The van der Waals surface area contributed by atoms with E-state index in [4.69, 9.17) is 4.74 Å². The van der Waals surface area contributed by atoms with Crippen molar-refractivity contribution in [2.24, 2.45) is 0 Å². The highest BCUT2D eigenvalue weighted by atomic mass is 19.1. The van der Waals surface area contributed by atoms with Crippen molar-refractivity contribution in [1.82, 2.24) is 0 Å². The standard InChI is InChI=1S/C15H11F3O2/c16-8-5-11(17)14(12(18)6-8)15(19)10-7-20-13-4-2-1-3-9(10)13/h1-6,10,15,19H,7H2. The number of para-hydroxylation sites is 1. The van der Waals surface area contributed by atoms with Gasteiger partial charge in [0, 0.05) is 17.7 Å². The zero-order chi connectivity index (χ0) is 14.3. The predicted octanol–water partition coefficient (Wildman–Crippen LogP) is 3.31. The van der Waals surface area contributed by atoms with Crippen LogP contribution in [0.25, 0.3) is 0 Å². The number of aliphatic hydroxyl groups excluding tert-OH is 1. The predicted molar refractivity (Wildman–Crippen MR) is 66.0 cm³/mol. The van der Waals surface area contributed by atoms with Crippen molar-refractivity contribution in [3.8, 4) is 5.75 Å². The first-order valence-corrected chi connectivity index (χ1v) is 6.12. The maximum Gasteiger partial charge on any atom is 0.134 e.